The second kappa shape index (κ2) is 7.15. The molecule has 1 aromatic carbocycles. The molecule has 4 bridgehead atoms. The summed E-state index contributed by atoms with van der Waals surface area (Å²) in [5, 5.41) is 3.17. The number of Topliss-reactive ketones (excluding diaryl/α,β-unsaturated/α-hetero) is 1. The Bertz CT molecular complexity index is 847. The van der Waals surface area contributed by atoms with Crippen molar-refractivity contribution < 1.29 is 23.9 Å². The van der Waals surface area contributed by atoms with Gasteiger partial charge in [0.2, 0.25) is 5.91 Å². The van der Waals surface area contributed by atoms with Crippen LogP contribution in [0.3, 0.4) is 0 Å². The van der Waals surface area contributed by atoms with Gasteiger partial charge in [0.15, 0.2) is 5.78 Å². The standard InChI is InChI=1S/C23H29NO5/c1-14(25)18-4-5-20(28-3)19(7-18)12-29-21(27)22-8-16-6-17(9-22)11-23(10-16,13-22)24-15(2)26/h4-5,7,16-17H,6,8-13H2,1-3H3,(H,24,26)/t16-,17-,22?,23?/m1/s1. The Hall–Kier alpha value is -2.37. The van der Waals surface area contributed by atoms with Gasteiger partial charge in [0.25, 0.3) is 0 Å². The molecule has 4 fully saturated rings. The Morgan fingerprint density at radius 2 is 1.79 bits per heavy atom. The molecule has 0 saturated heterocycles. The van der Waals surface area contributed by atoms with Gasteiger partial charge in [0.1, 0.15) is 12.4 Å². The number of ether oxygens (including phenoxy) is 2. The molecule has 5 rings (SSSR count). The Morgan fingerprint density at radius 3 is 2.38 bits per heavy atom. The Balaban J connectivity index is 1.52. The number of hydrogen-bond acceptors (Lipinski definition) is 5. The lowest BCUT2D eigenvalue weighted by molar-refractivity contribution is -0.177. The summed E-state index contributed by atoms with van der Waals surface area (Å²) >= 11 is 0. The molecule has 156 valence electrons. The first kappa shape index (κ1) is 19.9. The number of ketones is 1. The molecule has 0 spiro atoms. The smallest absolute Gasteiger partial charge is 0.312 e. The highest BCUT2D eigenvalue weighted by atomic mass is 16.5. The summed E-state index contributed by atoms with van der Waals surface area (Å²) in [6.45, 7) is 3.14. The minimum atomic E-state index is -0.516. The summed E-state index contributed by atoms with van der Waals surface area (Å²) in [5.74, 6) is 1.27. The van der Waals surface area contributed by atoms with E-state index in [0.29, 0.717) is 35.1 Å². The average molecular weight is 399 g/mol. The van der Waals surface area contributed by atoms with E-state index in [1.807, 2.05) is 0 Å². The molecule has 0 heterocycles. The van der Waals surface area contributed by atoms with Crippen molar-refractivity contribution in [2.75, 3.05) is 7.11 Å². The minimum Gasteiger partial charge on any atom is -0.496 e. The van der Waals surface area contributed by atoms with Gasteiger partial charge in [-0.25, -0.2) is 0 Å². The van der Waals surface area contributed by atoms with Crippen LogP contribution in [0.15, 0.2) is 18.2 Å². The summed E-state index contributed by atoms with van der Waals surface area (Å²) in [6, 6.07) is 5.17. The van der Waals surface area contributed by atoms with Crippen LogP contribution < -0.4 is 10.1 Å². The number of carbonyl (C=O) groups excluding carboxylic acids is 3. The van der Waals surface area contributed by atoms with Crippen molar-refractivity contribution in [3.63, 3.8) is 0 Å². The van der Waals surface area contributed by atoms with Crippen molar-refractivity contribution in [1.82, 2.24) is 5.32 Å². The van der Waals surface area contributed by atoms with E-state index in [1.54, 1.807) is 32.2 Å². The first-order chi connectivity index (χ1) is 13.7. The lowest BCUT2D eigenvalue weighted by Gasteiger charge is -2.60. The predicted octanol–water partition coefficient (Wildman–Crippen LogP) is 3.42. The zero-order valence-electron chi connectivity index (χ0n) is 17.4. The Kier molecular flexibility index (Phi) is 4.91. The van der Waals surface area contributed by atoms with Gasteiger partial charge in [-0.3, -0.25) is 14.4 Å². The molecule has 4 saturated carbocycles. The van der Waals surface area contributed by atoms with Gasteiger partial charge in [0.05, 0.1) is 12.5 Å². The highest BCUT2D eigenvalue weighted by Crippen LogP contribution is 2.62. The zero-order valence-corrected chi connectivity index (χ0v) is 17.4. The van der Waals surface area contributed by atoms with Crippen molar-refractivity contribution in [1.29, 1.82) is 0 Å². The maximum atomic E-state index is 13.3. The molecule has 4 aliphatic rings. The number of methoxy groups -OCH3 is 1. The number of esters is 1. The number of carbonyl (C=O) groups is 3. The van der Waals surface area contributed by atoms with Gasteiger partial charge in [0, 0.05) is 23.6 Å². The molecule has 6 nitrogen and oxygen atoms in total. The summed E-state index contributed by atoms with van der Waals surface area (Å²) in [7, 11) is 1.56. The molecule has 0 radical (unpaired) electrons. The highest BCUT2D eigenvalue weighted by molar-refractivity contribution is 5.94. The summed E-state index contributed by atoms with van der Waals surface area (Å²) in [5.41, 5.74) is 0.477. The second-order valence-electron chi connectivity index (χ2n) is 9.36. The van der Waals surface area contributed by atoms with Gasteiger partial charge in [-0.15, -0.1) is 0 Å². The van der Waals surface area contributed by atoms with Crippen LogP contribution in [0, 0.1) is 17.3 Å². The fourth-order valence-corrected chi connectivity index (χ4v) is 6.43. The van der Waals surface area contributed by atoms with E-state index < -0.39 is 5.41 Å². The normalized spacial score (nSPS) is 32.0. The third kappa shape index (κ3) is 3.65. The van der Waals surface area contributed by atoms with Crippen LogP contribution in [0.1, 0.15) is 68.3 Å². The topological polar surface area (TPSA) is 81.7 Å². The lowest BCUT2D eigenvalue weighted by atomic mass is 9.47. The first-order valence-electron chi connectivity index (χ1n) is 10.4. The molecule has 29 heavy (non-hydrogen) atoms. The summed E-state index contributed by atoms with van der Waals surface area (Å²) in [4.78, 5) is 36.8. The van der Waals surface area contributed by atoms with Gasteiger partial charge in [-0.05, 0) is 75.5 Å². The quantitative estimate of drug-likeness (QED) is 0.586. The zero-order chi connectivity index (χ0) is 20.8. The van der Waals surface area contributed by atoms with Crippen LogP contribution in [0.2, 0.25) is 0 Å². The number of hydrogen-bond donors (Lipinski definition) is 1. The van der Waals surface area contributed by atoms with E-state index in [0.717, 1.165) is 32.1 Å². The van der Waals surface area contributed by atoms with Crippen LogP contribution >= 0.6 is 0 Å². The third-order valence-corrected chi connectivity index (χ3v) is 6.98. The minimum absolute atomic E-state index is 0.0266. The molecule has 1 N–H and O–H groups in total. The van der Waals surface area contributed by atoms with Gasteiger partial charge >= 0.3 is 5.97 Å². The largest absolute Gasteiger partial charge is 0.496 e. The molecule has 1 amide bonds. The monoisotopic (exact) mass is 399 g/mol. The van der Waals surface area contributed by atoms with Crippen molar-refractivity contribution >= 4 is 17.7 Å². The van der Waals surface area contributed by atoms with Gasteiger partial charge in [-0.1, -0.05) is 0 Å². The second-order valence-corrected chi connectivity index (χ2v) is 9.36. The molecular weight excluding hydrogens is 370 g/mol. The first-order valence-corrected chi connectivity index (χ1v) is 10.4. The maximum Gasteiger partial charge on any atom is 0.312 e. The Morgan fingerprint density at radius 1 is 1.10 bits per heavy atom. The molecule has 0 aromatic heterocycles. The number of rotatable bonds is 6. The van der Waals surface area contributed by atoms with Crippen LogP contribution in [0.5, 0.6) is 5.75 Å². The molecule has 1 aromatic rings. The van der Waals surface area contributed by atoms with Crippen molar-refractivity contribution in [2.24, 2.45) is 17.3 Å². The molecular formula is C23H29NO5. The fourth-order valence-electron chi connectivity index (χ4n) is 6.43. The lowest BCUT2D eigenvalue weighted by Crippen LogP contribution is -2.64. The Labute approximate surface area is 171 Å². The highest BCUT2D eigenvalue weighted by Gasteiger charge is 2.61. The van der Waals surface area contributed by atoms with E-state index >= 15 is 0 Å². The average Bonchev–Trinajstić information content (AvgIpc) is 2.63. The summed E-state index contributed by atoms with van der Waals surface area (Å²) < 4.78 is 11.2. The fraction of sp³-hybridized carbons (Fsp3) is 0.609. The molecule has 4 aliphatic carbocycles. The molecule has 6 heteroatoms. The number of amides is 1. The van der Waals surface area contributed by atoms with Crippen LogP contribution in [-0.4, -0.2) is 30.3 Å². The van der Waals surface area contributed by atoms with E-state index in [9.17, 15) is 14.4 Å². The van der Waals surface area contributed by atoms with E-state index in [1.165, 1.54) is 6.92 Å². The maximum absolute atomic E-state index is 13.3. The number of nitrogens with one attached hydrogen (secondary N) is 1. The van der Waals surface area contributed by atoms with E-state index in [2.05, 4.69) is 5.32 Å². The van der Waals surface area contributed by atoms with E-state index in [-0.39, 0.29) is 29.8 Å². The van der Waals surface area contributed by atoms with Crippen molar-refractivity contribution in [3.05, 3.63) is 29.3 Å². The van der Waals surface area contributed by atoms with Crippen LogP contribution in [0.4, 0.5) is 0 Å². The predicted molar refractivity (Wildman–Crippen MR) is 106 cm³/mol. The van der Waals surface area contributed by atoms with Crippen LogP contribution in [0.25, 0.3) is 0 Å². The summed E-state index contributed by atoms with van der Waals surface area (Å²) in [6.07, 6.45) is 5.42. The molecule has 2 atom stereocenters. The van der Waals surface area contributed by atoms with Crippen LogP contribution in [-0.2, 0) is 20.9 Å². The molecule has 0 aliphatic heterocycles. The van der Waals surface area contributed by atoms with Crippen molar-refractivity contribution in [2.45, 2.75) is 64.5 Å². The number of benzene rings is 1. The SMILES string of the molecule is COc1ccc(C(C)=O)cc1COC(=O)C12C[C@H]3C[C@@H](CC(NC(C)=O)(C3)C1)C2. The third-order valence-electron chi connectivity index (χ3n) is 6.98. The van der Waals surface area contributed by atoms with E-state index in [4.69, 9.17) is 9.47 Å². The molecule has 0 unspecified atom stereocenters. The van der Waals surface area contributed by atoms with Gasteiger partial charge in [-0.2, -0.15) is 0 Å². The van der Waals surface area contributed by atoms with Gasteiger partial charge < -0.3 is 14.8 Å². The van der Waals surface area contributed by atoms with Crippen molar-refractivity contribution in [3.8, 4) is 5.75 Å².